The van der Waals surface area contributed by atoms with Crippen LogP contribution in [-0.4, -0.2) is 31.6 Å². The fourth-order valence-electron chi connectivity index (χ4n) is 3.12. The normalized spacial score (nSPS) is 20.0. The first-order valence-electron chi connectivity index (χ1n) is 7.93. The average Bonchev–Trinajstić information content (AvgIpc) is 2.41. The summed E-state index contributed by atoms with van der Waals surface area (Å²) in [6.07, 6.45) is 2.66. The van der Waals surface area contributed by atoms with E-state index in [4.69, 9.17) is 0 Å². The minimum Gasteiger partial charge on any atom is -0.309 e. The maximum Gasteiger partial charge on any atom is 0.0369 e. The molecule has 0 aromatic heterocycles. The molecule has 2 nitrogen and oxygen atoms in total. The summed E-state index contributed by atoms with van der Waals surface area (Å²) >= 11 is 0. The third-order valence-electron chi connectivity index (χ3n) is 4.45. The van der Waals surface area contributed by atoms with Crippen molar-refractivity contribution in [3.05, 3.63) is 35.9 Å². The molecule has 1 saturated heterocycles. The highest BCUT2D eigenvalue weighted by molar-refractivity contribution is 5.20. The molecule has 0 aliphatic carbocycles. The van der Waals surface area contributed by atoms with Gasteiger partial charge in [0.15, 0.2) is 0 Å². The van der Waals surface area contributed by atoms with Crippen LogP contribution < -0.4 is 5.32 Å². The van der Waals surface area contributed by atoms with Gasteiger partial charge in [0.05, 0.1) is 0 Å². The van der Waals surface area contributed by atoms with Crippen LogP contribution in [0.25, 0.3) is 0 Å². The SMILES string of the molecule is CN1CCC(CNC(c2ccccc2)C(C)(C)C)CC1. The summed E-state index contributed by atoms with van der Waals surface area (Å²) in [5, 5.41) is 3.84. The Balaban J connectivity index is 1.96. The minimum atomic E-state index is 0.243. The van der Waals surface area contributed by atoms with Crippen molar-refractivity contribution >= 4 is 0 Å². The minimum absolute atomic E-state index is 0.243. The van der Waals surface area contributed by atoms with E-state index < -0.39 is 0 Å². The summed E-state index contributed by atoms with van der Waals surface area (Å²) < 4.78 is 0. The Morgan fingerprint density at radius 2 is 1.75 bits per heavy atom. The van der Waals surface area contributed by atoms with Crippen LogP contribution in [0.5, 0.6) is 0 Å². The van der Waals surface area contributed by atoms with E-state index in [1.165, 1.54) is 31.5 Å². The predicted molar refractivity (Wildman–Crippen MR) is 86.9 cm³/mol. The second kappa shape index (κ2) is 6.73. The Morgan fingerprint density at radius 3 is 2.30 bits per heavy atom. The number of hydrogen-bond acceptors (Lipinski definition) is 2. The lowest BCUT2D eigenvalue weighted by atomic mass is 9.82. The van der Waals surface area contributed by atoms with Gasteiger partial charge in [-0.3, -0.25) is 0 Å². The molecule has 0 radical (unpaired) electrons. The van der Waals surface area contributed by atoms with Crippen LogP contribution in [0.15, 0.2) is 30.3 Å². The predicted octanol–water partition coefficient (Wildman–Crippen LogP) is 3.71. The molecule has 1 N–H and O–H groups in total. The average molecular weight is 274 g/mol. The first kappa shape index (κ1) is 15.5. The van der Waals surface area contributed by atoms with Gasteiger partial charge in [0.25, 0.3) is 0 Å². The molecule has 2 heteroatoms. The quantitative estimate of drug-likeness (QED) is 0.900. The van der Waals surface area contributed by atoms with Crippen LogP contribution >= 0.6 is 0 Å². The van der Waals surface area contributed by atoms with E-state index >= 15 is 0 Å². The van der Waals surface area contributed by atoms with E-state index in [0.29, 0.717) is 6.04 Å². The lowest BCUT2D eigenvalue weighted by Gasteiger charge is -2.35. The van der Waals surface area contributed by atoms with Crippen molar-refractivity contribution in [3.8, 4) is 0 Å². The van der Waals surface area contributed by atoms with Crippen LogP contribution in [0, 0.1) is 11.3 Å². The van der Waals surface area contributed by atoms with E-state index in [-0.39, 0.29) is 5.41 Å². The van der Waals surface area contributed by atoms with Gasteiger partial charge in [-0.1, -0.05) is 51.1 Å². The van der Waals surface area contributed by atoms with Crippen LogP contribution in [0.4, 0.5) is 0 Å². The van der Waals surface area contributed by atoms with Crippen molar-refractivity contribution in [1.29, 1.82) is 0 Å². The Bertz CT molecular complexity index is 386. The van der Waals surface area contributed by atoms with Gasteiger partial charge in [0, 0.05) is 6.04 Å². The number of benzene rings is 1. The van der Waals surface area contributed by atoms with Crippen molar-refractivity contribution in [3.63, 3.8) is 0 Å². The molecule has 0 saturated carbocycles. The van der Waals surface area contributed by atoms with Gasteiger partial charge in [0.1, 0.15) is 0 Å². The maximum absolute atomic E-state index is 3.84. The molecule has 2 rings (SSSR count). The number of likely N-dealkylation sites (tertiary alicyclic amines) is 1. The van der Waals surface area contributed by atoms with E-state index in [0.717, 1.165) is 12.5 Å². The number of piperidine rings is 1. The van der Waals surface area contributed by atoms with Gasteiger partial charge >= 0.3 is 0 Å². The molecule has 0 amide bonds. The van der Waals surface area contributed by atoms with Crippen molar-refractivity contribution < 1.29 is 0 Å². The van der Waals surface area contributed by atoms with Crippen molar-refractivity contribution in [2.75, 3.05) is 26.7 Å². The number of rotatable bonds is 4. The monoisotopic (exact) mass is 274 g/mol. The molecule has 1 aromatic carbocycles. The molecule has 112 valence electrons. The number of nitrogens with one attached hydrogen (secondary N) is 1. The fourth-order valence-corrected chi connectivity index (χ4v) is 3.12. The van der Waals surface area contributed by atoms with E-state index in [9.17, 15) is 0 Å². The highest BCUT2D eigenvalue weighted by Gasteiger charge is 2.27. The van der Waals surface area contributed by atoms with Crippen molar-refractivity contribution in [1.82, 2.24) is 10.2 Å². The first-order chi connectivity index (χ1) is 9.47. The summed E-state index contributed by atoms with van der Waals surface area (Å²) in [6.45, 7) is 10.6. The van der Waals surface area contributed by atoms with Crippen molar-refractivity contribution in [2.45, 2.75) is 39.7 Å². The van der Waals surface area contributed by atoms with E-state index in [1.54, 1.807) is 0 Å². The van der Waals surface area contributed by atoms with E-state index in [1.807, 2.05) is 0 Å². The standard InChI is InChI=1S/C18H30N2/c1-18(2,3)17(16-8-6-5-7-9-16)19-14-15-10-12-20(4)13-11-15/h5-9,15,17,19H,10-14H2,1-4H3. The largest absolute Gasteiger partial charge is 0.309 e. The second-order valence-electron chi connectivity index (χ2n) is 7.36. The maximum atomic E-state index is 3.84. The van der Waals surface area contributed by atoms with Gasteiger partial charge in [0.2, 0.25) is 0 Å². The topological polar surface area (TPSA) is 15.3 Å². The highest BCUT2D eigenvalue weighted by atomic mass is 15.1. The van der Waals surface area contributed by atoms with Crippen LogP contribution in [-0.2, 0) is 0 Å². The molecule has 1 fully saturated rings. The molecule has 0 spiro atoms. The Kier molecular flexibility index (Phi) is 5.22. The lowest BCUT2D eigenvalue weighted by Crippen LogP contribution is -2.39. The summed E-state index contributed by atoms with van der Waals surface area (Å²) in [5.41, 5.74) is 1.65. The lowest BCUT2D eigenvalue weighted by molar-refractivity contribution is 0.196. The number of hydrogen-bond donors (Lipinski definition) is 1. The Hall–Kier alpha value is -0.860. The van der Waals surface area contributed by atoms with Crippen molar-refractivity contribution in [2.24, 2.45) is 11.3 Å². The molecule has 1 aliphatic heterocycles. The highest BCUT2D eigenvalue weighted by Crippen LogP contribution is 2.33. The fraction of sp³-hybridized carbons (Fsp3) is 0.667. The molecule has 1 aromatic rings. The summed E-state index contributed by atoms with van der Waals surface area (Å²) in [6, 6.07) is 11.3. The second-order valence-corrected chi connectivity index (χ2v) is 7.36. The molecular weight excluding hydrogens is 244 g/mol. The zero-order valence-corrected chi connectivity index (χ0v) is 13.5. The van der Waals surface area contributed by atoms with Crippen LogP contribution in [0.1, 0.15) is 45.2 Å². The molecule has 1 aliphatic rings. The summed E-state index contributed by atoms with van der Waals surface area (Å²) in [4.78, 5) is 2.44. The molecule has 1 atom stereocenters. The summed E-state index contributed by atoms with van der Waals surface area (Å²) in [5.74, 6) is 0.833. The molecule has 1 heterocycles. The zero-order valence-electron chi connectivity index (χ0n) is 13.5. The van der Waals surface area contributed by atoms with Gasteiger partial charge in [-0.15, -0.1) is 0 Å². The van der Waals surface area contributed by atoms with E-state index in [2.05, 4.69) is 68.4 Å². The smallest absolute Gasteiger partial charge is 0.0369 e. The molecule has 0 bridgehead atoms. The van der Waals surface area contributed by atoms with Gasteiger partial charge in [-0.05, 0) is 56.4 Å². The van der Waals surface area contributed by atoms with Crippen LogP contribution in [0.2, 0.25) is 0 Å². The Labute approximate surface area is 124 Å². The van der Waals surface area contributed by atoms with Gasteiger partial charge < -0.3 is 10.2 Å². The Morgan fingerprint density at radius 1 is 1.15 bits per heavy atom. The zero-order chi connectivity index (χ0) is 14.6. The molecular formula is C18H30N2. The van der Waals surface area contributed by atoms with Gasteiger partial charge in [-0.25, -0.2) is 0 Å². The molecule has 20 heavy (non-hydrogen) atoms. The third-order valence-corrected chi connectivity index (χ3v) is 4.45. The number of nitrogens with zero attached hydrogens (tertiary/aromatic N) is 1. The summed E-state index contributed by atoms with van der Waals surface area (Å²) in [7, 11) is 2.23. The van der Waals surface area contributed by atoms with Crippen LogP contribution in [0.3, 0.4) is 0 Å². The molecule has 1 unspecified atom stereocenters. The third kappa shape index (κ3) is 4.32. The first-order valence-corrected chi connectivity index (χ1v) is 7.93. The van der Waals surface area contributed by atoms with Gasteiger partial charge in [-0.2, -0.15) is 0 Å².